The van der Waals surface area contributed by atoms with E-state index in [4.69, 9.17) is 0 Å². The fourth-order valence-corrected chi connectivity index (χ4v) is 2.05. The first-order chi connectivity index (χ1) is 7.31. The molecule has 0 aliphatic carbocycles. The van der Waals surface area contributed by atoms with Gasteiger partial charge < -0.3 is 10.3 Å². The zero-order valence-electron chi connectivity index (χ0n) is 9.38. The van der Waals surface area contributed by atoms with Crippen molar-refractivity contribution in [3.05, 3.63) is 36.0 Å². The Morgan fingerprint density at radius 2 is 2.13 bits per heavy atom. The molecule has 0 unspecified atom stereocenters. The van der Waals surface area contributed by atoms with E-state index in [1.54, 1.807) is 0 Å². The van der Waals surface area contributed by atoms with Gasteiger partial charge in [0, 0.05) is 23.1 Å². The molecule has 0 spiro atoms. The summed E-state index contributed by atoms with van der Waals surface area (Å²) in [6.07, 6.45) is 3.20. The molecule has 0 saturated carbocycles. The summed E-state index contributed by atoms with van der Waals surface area (Å²) in [7, 11) is 0. The monoisotopic (exact) mass is 202 g/mol. The van der Waals surface area contributed by atoms with E-state index in [1.807, 2.05) is 0 Å². The number of hydrogen-bond acceptors (Lipinski definition) is 1. The minimum absolute atomic E-state index is 0.536. The van der Waals surface area contributed by atoms with Crippen molar-refractivity contribution < 1.29 is 0 Å². The molecule has 2 heteroatoms. The highest BCUT2D eigenvalue weighted by molar-refractivity contribution is 5.83. The number of para-hydroxylation sites is 1. The van der Waals surface area contributed by atoms with Crippen molar-refractivity contribution in [3.63, 3.8) is 0 Å². The van der Waals surface area contributed by atoms with Crippen LogP contribution in [0, 0.1) is 0 Å². The third-order valence-corrected chi connectivity index (χ3v) is 2.75. The lowest BCUT2D eigenvalue weighted by molar-refractivity contribution is 0.567. The molecular weight excluding hydrogens is 184 g/mol. The van der Waals surface area contributed by atoms with Crippen LogP contribution < -0.4 is 5.32 Å². The van der Waals surface area contributed by atoms with Gasteiger partial charge in [-0.15, -0.1) is 0 Å². The molecule has 0 aliphatic heterocycles. The van der Waals surface area contributed by atoms with Gasteiger partial charge in [-0.3, -0.25) is 0 Å². The Morgan fingerprint density at radius 3 is 2.93 bits per heavy atom. The largest absolute Gasteiger partial charge is 0.361 e. The quantitative estimate of drug-likeness (QED) is 0.784. The van der Waals surface area contributed by atoms with Gasteiger partial charge in [0.1, 0.15) is 0 Å². The molecule has 0 saturated heterocycles. The van der Waals surface area contributed by atoms with Crippen LogP contribution >= 0.6 is 0 Å². The Kier molecular flexibility index (Phi) is 3.07. The van der Waals surface area contributed by atoms with Crippen LogP contribution in [0.2, 0.25) is 0 Å². The molecule has 1 aromatic heterocycles. The first kappa shape index (κ1) is 10.2. The number of rotatable bonds is 4. The van der Waals surface area contributed by atoms with Gasteiger partial charge in [0.05, 0.1) is 0 Å². The molecule has 2 aromatic rings. The van der Waals surface area contributed by atoms with E-state index in [0.29, 0.717) is 6.04 Å². The van der Waals surface area contributed by atoms with Crippen LogP contribution in [0.15, 0.2) is 30.5 Å². The minimum atomic E-state index is 0.536. The van der Waals surface area contributed by atoms with Gasteiger partial charge in [-0.05, 0) is 31.5 Å². The highest BCUT2D eigenvalue weighted by atomic mass is 14.9. The van der Waals surface area contributed by atoms with E-state index in [9.17, 15) is 0 Å². The molecule has 0 aliphatic rings. The Balaban J connectivity index is 2.21. The van der Waals surface area contributed by atoms with Gasteiger partial charge in [-0.1, -0.05) is 25.1 Å². The van der Waals surface area contributed by atoms with Gasteiger partial charge >= 0.3 is 0 Å². The standard InChI is InChI=1S/C13H18N2/c1-3-14-10(2)8-11-9-15-13-7-5-4-6-12(11)13/h4-7,9-10,14-15H,3,8H2,1-2H3/t10-/m1/s1. The summed E-state index contributed by atoms with van der Waals surface area (Å²) in [5.41, 5.74) is 2.63. The van der Waals surface area contributed by atoms with E-state index < -0.39 is 0 Å². The van der Waals surface area contributed by atoms with Crippen molar-refractivity contribution in [2.24, 2.45) is 0 Å². The summed E-state index contributed by atoms with van der Waals surface area (Å²) >= 11 is 0. The third-order valence-electron chi connectivity index (χ3n) is 2.75. The molecule has 1 aromatic carbocycles. The highest BCUT2D eigenvalue weighted by Crippen LogP contribution is 2.18. The molecule has 2 rings (SSSR count). The van der Waals surface area contributed by atoms with E-state index >= 15 is 0 Å². The van der Waals surface area contributed by atoms with Crippen molar-refractivity contribution in [1.29, 1.82) is 0 Å². The molecule has 15 heavy (non-hydrogen) atoms. The topological polar surface area (TPSA) is 27.8 Å². The van der Waals surface area contributed by atoms with Crippen molar-refractivity contribution >= 4 is 10.9 Å². The van der Waals surface area contributed by atoms with Crippen LogP contribution in [0.5, 0.6) is 0 Å². The maximum Gasteiger partial charge on any atom is 0.0456 e. The predicted octanol–water partition coefficient (Wildman–Crippen LogP) is 2.71. The van der Waals surface area contributed by atoms with Gasteiger partial charge in [-0.2, -0.15) is 0 Å². The fourth-order valence-electron chi connectivity index (χ4n) is 2.05. The van der Waals surface area contributed by atoms with Crippen molar-refractivity contribution in [1.82, 2.24) is 10.3 Å². The molecule has 0 bridgehead atoms. The lowest BCUT2D eigenvalue weighted by atomic mass is 10.1. The van der Waals surface area contributed by atoms with Gasteiger partial charge in [0.25, 0.3) is 0 Å². The third kappa shape index (κ3) is 2.21. The number of likely N-dealkylation sites (N-methyl/N-ethyl adjacent to an activating group) is 1. The van der Waals surface area contributed by atoms with Crippen LogP contribution in [0.1, 0.15) is 19.4 Å². The van der Waals surface area contributed by atoms with E-state index in [-0.39, 0.29) is 0 Å². The van der Waals surface area contributed by atoms with Crippen LogP contribution in [0.25, 0.3) is 10.9 Å². The normalized spacial score (nSPS) is 13.2. The number of aromatic nitrogens is 1. The number of aromatic amines is 1. The number of fused-ring (bicyclic) bond motifs is 1. The molecule has 0 amide bonds. The number of benzene rings is 1. The molecule has 1 heterocycles. The zero-order valence-corrected chi connectivity index (χ0v) is 9.38. The summed E-state index contributed by atoms with van der Waals surface area (Å²) in [4.78, 5) is 3.31. The maximum absolute atomic E-state index is 3.43. The molecule has 2 N–H and O–H groups in total. The van der Waals surface area contributed by atoms with Crippen LogP contribution in [-0.4, -0.2) is 17.6 Å². The summed E-state index contributed by atoms with van der Waals surface area (Å²) in [6, 6.07) is 9.00. The Morgan fingerprint density at radius 1 is 1.33 bits per heavy atom. The molecule has 0 radical (unpaired) electrons. The lowest BCUT2D eigenvalue weighted by Crippen LogP contribution is -2.27. The maximum atomic E-state index is 3.43. The Labute approximate surface area is 90.7 Å². The van der Waals surface area contributed by atoms with Gasteiger partial charge in [0.2, 0.25) is 0 Å². The second-order valence-corrected chi connectivity index (χ2v) is 4.02. The SMILES string of the molecule is CCN[C@H](C)Cc1c[nH]c2ccccc12. The average Bonchev–Trinajstić information content (AvgIpc) is 2.62. The number of H-pyrrole nitrogens is 1. The summed E-state index contributed by atoms with van der Waals surface area (Å²) in [6.45, 7) is 5.40. The van der Waals surface area contributed by atoms with Crippen molar-refractivity contribution in [3.8, 4) is 0 Å². The van der Waals surface area contributed by atoms with Crippen molar-refractivity contribution in [2.45, 2.75) is 26.3 Å². The average molecular weight is 202 g/mol. The summed E-state index contributed by atoms with van der Waals surface area (Å²) < 4.78 is 0. The Hall–Kier alpha value is -1.28. The second kappa shape index (κ2) is 4.49. The molecule has 80 valence electrons. The Bertz CT molecular complexity index is 431. The first-order valence-corrected chi connectivity index (χ1v) is 5.59. The van der Waals surface area contributed by atoms with Crippen LogP contribution in [0.3, 0.4) is 0 Å². The second-order valence-electron chi connectivity index (χ2n) is 4.02. The fraction of sp³-hybridized carbons (Fsp3) is 0.385. The molecule has 1 atom stereocenters. The molecule has 0 fully saturated rings. The predicted molar refractivity (Wildman–Crippen MR) is 65.1 cm³/mol. The zero-order chi connectivity index (χ0) is 10.7. The number of nitrogens with one attached hydrogen (secondary N) is 2. The van der Waals surface area contributed by atoms with Crippen LogP contribution in [0.4, 0.5) is 0 Å². The highest BCUT2D eigenvalue weighted by Gasteiger charge is 2.06. The van der Waals surface area contributed by atoms with E-state index in [0.717, 1.165) is 13.0 Å². The number of hydrogen-bond donors (Lipinski definition) is 2. The minimum Gasteiger partial charge on any atom is -0.361 e. The van der Waals surface area contributed by atoms with Crippen LogP contribution in [-0.2, 0) is 6.42 Å². The lowest BCUT2D eigenvalue weighted by Gasteiger charge is -2.10. The van der Waals surface area contributed by atoms with E-state index in [1.165, 1.54) is 16.5 Å². The van der Waals surface area contributed by atoms with E-state index in [2.05, 4.69) is 54.6 Å². The summed E-state index contributed by atoms with van der Waals surface area (Å²) in [5.74, 6) is 0. The van der Waals surface area contributed by atoms with Gasteiger partial charge in [0.15, 0.2) is 0 Å². The van der Waals surface area contributed by atoms with Gasteiger partial charge in [-0.25, -0.2) is 0 Å². The smallest absolute Gasteiger partial charge is 0.0456 e. The first-order valence-electron chi connectivity index (χ1n) is 5.59. The molecule has 2 nitrogen and oxygen atoms in total. The molecular formula is C13H18N2. The van der Waals surface area contributed by atoms with Crippen molar-refractivity contribution in [2.75, 3.05) is 6.54 Å². The summed E-state index contributed by atoms with van der Waals surface area (Å²) in [5, 5.41) is 4.78.